The maximum atomic E-state index is 5.90. The van der Waals surface area contributed by atoms with Gasteiger partial charge in [0.2, 0.25) is 0 Å². The summed E-state index contributed by atoms with van der Waals surface area (Å²) in [6, 6.07) is 0. The predicted octanol–water partition coefficient (Wildman–Crippen LogP) is 4.47. The molecular weight excluding hydrogens is 360 g/mol. The van der Waals surface area contributed by atoms with Crippen LogP contribution >= 0.6 is 0 Å². The van der Waals surface area contributed by atoms with Crippen LogP contribution in [0.15, 0.2) is 11.5 Å². The molecule has 0 atom stereocenters. The highest BCUT2D eigenvalue weighted by molar-refractivity contribution is 5.05. The van der Waals surface area contributed by atoms with Gasteiger partial charge in [0.25, 0.3) is 0 Å². The highest BCUT2D eigenvalue weighted by Crippen LogP contribution is 2.26. The number of ether oxygens (including phenoxy) is 6. The lowest BCUT2D eigenvalue weighted by Gasteiger charge is -2.22. The van der Waals surface area contributed by atoms with E-state index in [0.717, 1.165) is 37.2 Å². The molecule has 0 saturated carbocycles. The van der Waals surface area contributed by atoms with Crippen molar-refractivity contribution in [2.45, 2.75) is 78.4 Å². The summed E-state index contributed by atoms with van der Waals surface area (Å²) in [5.74, 6) is 1.94. The van der Waals surface area contributed by atoms with Gasteiger partial charge in [0.15, 0.2) is 0 Å². The van der Waals surface area contributed by atoms with Crippen LogP contribution in [0.4, 0.5) is 0 Å². The Hall–Kier alpha value is -0.820. The van der Waals surface area contributed by atoms with Crippen molar-refractivity contribution >= 4 is 0 Å². The summed E-state index contributed by atoms with van der Waals surface area (Å²) in [6.45, 7) is 16.8. The fraction of sp³-hybridized carbons (Fsp3) is 0.909. The number of allylic oxidation sites excluding steroid dienone is 2. The lowest BCUT2D eigenvalue weighted by Crippen LogP contribution is -2.22. The molecular formula is C22H42O6. The van der Waals surface area contributed by atoms with E-state index in [-0.39, 0.29) is 11.2 Å². The van der Waals surface area contributed by atoms with Crippen LogP contribution in [0.5, 0.6) is 0 Å². The molecule has 0 aliphatic heterocycles. The molecule has 0 N–H and O–H groups in total. The molecule has 28 heavy (non-hydrogen) atoms. The molecule has 0 unspecified atom stereocenters. The summed E-state index contributed by atoms with van der Waals surface area (Å²) in [7, 11) is 0. The van der Waals surface area contributed by atoms with E-state index in [1.165, 1.54) is 0 Å². The first-order chi connectivity index (χ1) is 13.2. The Labute approximate surface area is 171 Å². The molecule has 1 rings (SSSR count). The SMILES string of the molecule is CC(C)(C)OCCOCCOC1=C(OCCOCCOC(C)(C)C)CCCC1. The molecule has 0 radical (unpaired) electrons. The molecule has 0 aromatic heterocycles. The topological polar surface area (TPSA) is 55.4 Å². The second kappa shape index (κ2) is 13.4. The summed E-state index contributed by atoms with van der Waals surface area (Å²) in [5.41, 5.74) is -0.245. The monoisotopic (exact) mass is 402 g/mol. The highest BCUT2D eigenvalue weighted by atomic mass is 16.6. The standard InChI is InChI=1S/C22H42O6/c1-21(2,3)27-17-13-23-11-15-25-19-9-7-8-10-20(19)26-16-12-24-14-18-28-22(4,5)6/h7-18H2,1-6H3. The van der Waals surface area contributed by atoms with Crippen LogP contribution in [0.3, 0.4) is 0 Å². The van der Waals surface area contributed by atoms with Crippen molar-refractivity contribution < 1.29 is 28.4 Å². The fourth-order valence-electron chi connectivity index (χ4n) is 2.62. The summed E-state index contributed by atoms with van der Waals surface area (Å²) in [6.07, 6.45) is 4.15. The van der Waals surface area contributed by atoms with Gasteiger partial charge in [0, 0.05) is 12.8 Å². The van der Waals surface area contributed by atoms with E-state index in [2.05, 4.69) is 0 Å². The maximum absolute atomic E-state index is 5.90. The first-order valence-electron chi connectivity index (χ1n) is 10.6. The molecule has 0 bridgehead atoms. The van der Waals surface area contributed by atoms with Crippen molar-refractivity contribution in [1.29, 1.82) is 0 Å². The fourth-order valence-corrected chi connectivity index (χ4v) is 2.62. The second-order valence-corrected chi connectivity index (χ2v) is 8.90. The summed E-state index contributed by atoms with van der Waals surface area (Å²) < 4.78 is 34.2. The van der Waals surface area contributed by atoms with E-state index in [1.807, 2.05) is 41.5 Å². The van der Waals surface area contributed by atoms with Gasteiger partial charge in [-0.25, -0.2) is 0 Å². The van der Waals surface area contributed by atoms with Gasteiger partial charge in [-0.2, -0.15) is 0 Å². The quantitative estimate of drug-likeness (QED) is 0.400. The van der Waals surface area contributed by atoms with Crippen LogP contribution < -0.4 is 0 Å². The molecule has 166 valence electrons. The average Bonchev–Trinajstić information content (AvgIpc) is 2.59. The molecule has 0 heterocycles. The first-order valence-corrected chi connectivity index (χ1v) is 10.6. The Bertz CT molecular complexity index is 393. The molecule has 0 amide bonds. The van der Waals surface area contributed by atoms with Gasteiger partial charge in [-0.3, -0.25) is 0 Å². The van der Waals surface area contributed by atoms with E-state index in [1.54, 1.807) is 0 Å². The zero-order chi connectivity index (χ0) is 20.9. The molecule has 1 aliphatic carbocycles. The van der Waals surface area contributed by atoms with Crippen molar-refractivity contribution in [2.75, 3.05) is 52.9 Å². The van der Waals surface area contributed by atoms with Crippen LogP contribution in [0.25, 0.3) is 0 Å². The molecule has 6 heteroatoms. The van der Waals surface area contributed by atoms with Gasteiger partial charge < -0.3 is 28.4 Å². The van der Waals surface area contributed by atoms with Gasteiger partial charge >= 0.3 is 0 Å². The van der Waals surface area contributed by atoms with E-state index in [0.29, 0.717) is 52.9 Å². The Kier molecular flexibility index (Phi) is 12.1. The van der Waals surface area contributed by atoms with Crippen LogP contribution in [-0.4, -0.2) is 64.1 Å². The number of rotatable bonds is 14. The third kappa shape index (κ3) is 14.2. The minimum absolute atomic E-state index is 0.123. The van der Waals surface area contributed by atoms with Gasteiger partial charge in [-0.1, -0.05) is 0 Å². The minimum Gasteiger partial charge on any atom is -0.492 e. The van der Waals surface area contributed by atoms with E-state index < -0.39 is 0 Å². The van der Waals surface area contributed by atoms with Crippen molar-refractivity contribution in [3.05, 3.63) is 11.5 Å². The Morgan fingerprint density at radius 3 is 1.25 bits per heavy atom. The second-order valence-electron chi connectivity index (χ2n) is 8.90. The normalized spacial score (nSPS) is 15.8. The lowest BCUT2D eigenvalue weighted by atomic mass is 10.0. The summed E-state index contributed by atoms with van der Waals surface area (Å²) >= 11 is 0. The lowest BCUT2D eigenvalue weighted by molar-refractivity contribution is -0.0426. The summed E-state index contributed by atoms with van der Waals surface area (Å²) in [5, 5.41) is 0. The molecule has 0 spiro atoms. The highest BCUT2D eigenvalue weighted by Gasteiger charge is 2.16. The number of hydrogen-bond donors (Lipinski definition) is 0. The average molecular weight is 403 g/mol. The van der Waals surface area contributed by atoms with Crippen molar-refractivity contribution in [1.82, 2.24) is 0 Å². The third-order valence-corrected chi connectivity index (χ3v) is 3.90. The minimum atomic E-state index is -0.123. The molecule has 0 fully saturated rings. The van der Waals surface area contributed by atoms with E-state index in [4.69, 9.17) is 28.4 Å². The Morgan fingerprint density at radius 1 is 0.536 bits per heavy atom. The predicted molar refractivity (Wildman–Crippen MR) is 110 cm³/mol. The first kappa shape index (κ1) is 25.2. The van der Waals surface area contributed by atoms with E-state index >= 15 is 0 Å². The van der Waals surface area contributed by atoms with Crippen molar-refractivity contribution in [3.63, 3.8) is 0 Å². The number of hydrogen-bond acceptors (Lipinski definition) is 6. The van der Waals surface area contributed by atoms with Gasteiger partial charge in [-0.05, 0) is 54.4 Å². The maximum Gasteiger partial charge on any atom is 0.134 e. The Balaban J connectivity index is 2.13. The van der Waals surface area contributed by atoms with Crippen molar-refractivity contribution in [3.8, 4) is 0 Å². The zero-order valence-corrected chi connectivity index (χ0v) is 18.9. The molecule has 0 saturated heterocycles. The zero-order valence-electron chi connectivity index (χ0n) is 18.9. The molecule has 0 aromatic rings. The van der Waals surface area contributed by atoms with Crippen LogP contribution in [-0.2, 0) is 28.4 Å². The largest absolute Gasteiger partial charge is 0.492 e. The van der Waals surface area contributed by atoms with Gasteiger partial charge in [0.1, 0.15) is 24.7 Å². The third-order valence-electron chi connectivity index (χ3n) is 3.90. The van der Waals surface area contributed by atoms with E-state index in [9.17, 15) is 0 Å². The molecule has 6 nitrogen and oxygen atoms in total. The van der Waals surface area contributed by atoms with Crippen LogP contribution in [0.1, 0.15) is 67.2 Å². The molecule has 0 aromatic carbocycles. The van der Waals surface area contributed by atoms with Crippen molar-refractivity contribution in [2.24, 2.45) is 0 Å². The molecule has 1 aliphatic rings. The van der Waals surface area contributed by atoms with Crippen LogP contribution in [0, 0.1) is 0 Å². The smallest absolute Gasteiger partial charge is 0.134 e. The van der Waals surface area contributed by atoms with Gasteiger partial charge in [0.05, 0.1) is 50.8 Å². The van der Waals surface area contributed by atoms with Crippen LogP contribution in [0.2, 0.25) is 0 Å². The Morgan fingerprint density at radius 2 is 0.893 bits per heavy atom. The summed E-state index contributed by atoms with van der Waals surface area (Å²) in [4.78, 5) is 0. The van der Waals surface area contributed by atoms with Gasteiger partial charge in [-0.15, -0.1) is 0 Å².